The van der Waals surface area contributed by atoms with E-state index in [2.05, 4.69) is 18.7 Å². The van der Waals surface area contributed by atoms with Gasteiger partial charge in [0.2, 0.25) is 22.0 Å². The van der Waals surface area contributed by atoms with Crippen LogP contribution in [0.4, 0.5) is 4.79 Å². The maximum absolute atomic E-state index is 13.4. The molecule has 4 rings (SSSR count). The summed E-state index contributed by atoms with van der Waals surface area (Å²) in [5.41, 5.74) is 1.92. The molecule has 11 heteroatoms. The Balaban J connectivity index is 1.29. The Hall–Kier alpha value is -3.57. The SMILES string of the molecule is CCCN(CCCCN1CCCN(C(=O)O)CC1=O)C(C)Cc1cccc(S(=O)(=O)C2=COC(Cc3ccccc3)O2)c1. The number of unbranched alkanes of at least 4 members (excludes halogenated alkanes) is 1. The summed E-state index contributed by atoms with van der Waals surface area (Å²) in [6, 6.07) is 16.8. The van der Waals surface area contributed by atoms with Gasteiger partial charge in [-0.25, -0.2) is 13.2 Å². The van der Waals surface area contributed by atoms with E-state index in [4.69, 9.17) is 9.47 Å². The van der Waals surface area contributed by atoms with Crippen LogP contribution in [0.25, 0.3) is 0 Å². The minimum atomic E-state index is -3.86. The molecule has 0 aliphatic carbocycles. The number of hydrogen-bond donors (Lipinski definition) is 1. The van der Waals surface area contributed by atoms with E-state index in [1.54, 1.807) is 23.1 Å². The molecule has 1 saturated heterocycles. The van der Waals surface area contributed by atoms with E-state index in [-0.39, 0.29) is 28.5 Å². The first-order valence-corrected chi connectivity index (χ1v) is 16.6. The molecule has 2 unspecified atom stereocenters. The Labute approximate surface area is 254 Å². The van der Waals surface area contributed by atoms with Crippen molar-refractivity contribution < 1.29 is 32.6 Å². The fourth-order valence-electron chi connectivity index (χ4n) is 5.54. The third kappa shape index (κ3) is 8.96. The molecule has 2 aliphatic heterocycles. The lowest BCUT2D eigenvalue weighted by molar-refractivity contribution is -0.131. The van der Waals surface area contributed by atoms with Crippen molar-refractivity contribution in [3.05, 3.63) is 77.1 Å². The predicted molar refractivity (Wildman–Crippen MR) is 163 cm³/mol. The standard InChI is InChI=1S/C32H43N3O7S/c1-3-15-33(16-7-8-17-34-18-10-19-35(32(37)38)23-29(34)36)25(2)20-27-13-9-14-28(21-27)43(39,40)31-24-41-30(42-31)22-26-11-5-4-6-12-26/h4-6,9,11-14,21,24-25,30H,3,7-8,10,15-20,22-23H2,1-2H3,(H,37,38). The molecule has 234 valence electrons. The molecule has 1 fully saturated rings. The molecular weight excluding hydrogens is 570 g/mol. The lowest BCUT2D eigenvalue weighted by Gasteiger charge is -2.29. The average molecular weight is 614 g/mol. The summed E-state index contributed by atoms with van der Waals surface area (Å²) in [7, 11) is -3.86. The van der Waals surface area contributed by atoms with Crippen molar-refractivity contribution in [2.24, 2.45) is 0 Å². The third-order valence-corrected chi connectivity index (χ3v) is 9.47. The molecule has 10 nitrogen and oxygen atoms in total. The minimum absolute atomic E-state index is 0.0756. The lowest BCUT2D eigenvalue weighted by Crippen LogP contribution is -2.39. The molecule has 2 aromatic rings. The van der Waals surface area contributed by atoms with Gasteiger partial charge in [-0.3, -0.25) is 9.69 Å². The van der Waals surface area contributed by atoms with Gasteiger partial charge >= 0.3 is 6.09 Å². The Morgan fingerprint density at radius 3 is 2.58 bits per heavy atom. The summed E-state index contributed by atoms with van der Waals surface area (Å²) in [6.45, 7) is 7.57. The molecular formula is C32H43N3O7S. The van der Waals surface area contributed by atoms with Crippen LogP contribution in [0.2, 0.25) is 0 Å². The molecule has 0 radical (unpaired) electrons. The molecule has 2 amide bonds. The molecule has 0 aromatic heterocycles. The van der Waals surface area contributed by atoms with Crippen molar-refractivity contribution in [3.63, 3.8) is 0 Å². The summed E-state index contributed by atoms with van der Waals surface area (Å²) in [4.78, 5) is 29.3. The number of carbonyl (C=O) groups excluding carboxylic acids is 1. The number of carbonyl (C=O) groups is 2. The highest BCUT2D eigenvalue weighted by Gasteiger charge is 2.31. The highest BCUT2D eigenvalue weighted by atomic mass is 32.2. The second-order valence-corrected chi connectivity index (χ2v) is 13.1. The summed E-state index contributed by atoms with van der Waals surface area (Å²) in [6.07, 6.45) is 3.97. The van der Waals surface area contributed by atoms with Crippen molar-refractivity contribution >= 4 is 21.8 Å². The Bertz CT molecular complexity index is 1370. The number of rotatable bonds is 14. The van der Waals surface area contributed by atoms with Gasteiger partial charge in [-0.15, -0.1) is 0 Å². The minimum Gasteiger partial charge on any atom is -0.465 e. The first-order chi connectivity index (χ1) is 20.7. The van der Waals surface area contributed by atoms with Crippen LogP contribution in [0.15, 0.2) is 70.8 Å². The number of sulfone groups is 1. The van der Waals surface area contributed by atoms with Crippen molar-refractivity contribution in [1.82, 2.24) is 14.7 Å². The van der Waals surface area contributed by atoms with E-state index in [0.29, 0.717) is 38.9 Å². The summed E-state index contributed by atoms with van der Waals surface area (Å²) in [5, 5.41) is 9.04. The Kier molecular flexibility index (Phi) is 11.5. The highest BCUT2D eigenvalue weighted by Crippen LogP contribution is 2.28. The van der Waals surface area contributed by atoms with Crippen LogP contribution in [-0.4, -0.2) is 91.8 Å². The van der Waals surface area contributed by atoms with E-state index >= 15 is 0 Å². The fraction of sp³-hybridized carbons (Fsp3) is 0.500. The third-order valence-electron chi connectivity index (χ3n) is 7.88. The first-order valence-electron chi connectivity index (χ1n) is 15.1. The van der Waals surface area contributed by atoms with Gasteiger partial charge < -0.3 is 24.4 Å². The second-order valence-electron chi connectivity index (χ2n) is 11.2. The topological polar surface area (TPSA) is 117 Å². The molecule has 43 heavy (non-hydrogen) atoms. The quantitative estimate of drug-likeness (QED) is 0.310. The maximum atomic E-state index is 13.4. The van der Waals surface area contributed by atoms with E-state index in [1.165, 1.54) is 11.2 Å². The molecule has 0 spiro atoms. The van der Waals surface area contributed by atoms with Crippen LogP contribution in [0.5, 0.6) is 0 Å². The summed E-state index contributed by atoms with van der Waals surface area (Å²) in [5.74, 6) is -0.134. The Morgan fingerprint density at radius 2 is 1.84 bits per heavy atom. The van der Waals surface area contributed by atoms with E-state index in [9.17, 15) is 23.1 Å². The molecule has 2 aliphatic rings. The van der Waals surface area contributed by atoms with Gasteiger partial charge in [0.05, 0.1) is 4.90 Å². The predicted octanol–water partition coefficient (Wildman–Crippen LogP) is 4.51. The van der Waals surface area contributed by atoms with E-state index < -0.39 is 22.2 Å². The van der Waals surface area contributed by atoms with Gasteiger partial charge in [0.15, 0.2) is 0 Å². The van der Waals surface area contributed by atoms with Crippen LogP contribution in [0.3, 0.4) is 0 Å². The van der Waals surface area contributed by atoms with Gasteiger partial charge in [-0.2, -0.15) is 0 Å². The average Bonchev–Trinajstić information content (AvgIpc) is 3.38. The molecule has 2 heterocycles. The van der Waals surface area contributed by atoms with Gasteiger partial charge in [0.25, 0.3) is 5.09 Å². The van der Waals surface area contributed by atoms with Crippen molar-refractivity contribution in [1.29, 1.82) is 0 Å². The van der Waals surface area contributed by atoms with Crippen LogP contribution >= 0.6 is 0 Å². The molecule has 2 atom stereocenters. The first kappa shape index (κ1) is 32.3. The number of ether oxygens (including phenoxy) is 2. The monoisotopic (exact) mass is 613 g/mol. The fourth-order valence-corrected chi connectivity index (χ4v) is 6.75. The van der Waals surface area contributed by atoms with E-state index in [1.807, 2.05) is 36.4 Å². The van der Waals surface area contributed by atoms with Gasteiger partial charge in [-0.05, 0) is 75.4 Å². The molecule has 2 aromatic carbocycles. The molecule has 1 N–H and O–H groups in total. The highest BCUT2D eigenvalue weighted by molar-refractivity contribution is 7.95. The smallest absolute Gasteiger partial charge is 0.407 e. The summed E-state index contributed by atoms with van der Waals surface area (Å²) >= 11 is 0. The molecule has 0 bridgehead atoms. The second kappa shape index (κ2) is 15.2. The van der Waals surface area contributed by atoms with Crippen molar-refractivity contribution in [2.45, 2.75) is 69.6 Å². The zero-order valence-electron chi connectivity index (χ0n) is 25.1. The van der Waals surface area contributed by atoms with Gasteiger partial charge in [0.1, 0.15) is 12.8 Å². The van der Waals surface area contributed by atoms with Gasteiger partial charge in [0, 0.05) is 32.1 Å². The van der Waals surface area contributed by atoms with Crippen LogP contribution in [-0.2, 0) is 36.9 Å². The van der Waals surface area contributed by atoms with Crippen molar-refractivity contribution in [2.75, 3.05) is 39.3 Å². The molecule has 0 saturated carbocycles. The summed E-state index contributed by atoms with van der Waals surface area (Å²) < 4.78 is 37.9. The maximum Gasteiger partial charge on any atom is 0.407 e. The Morgan fingerprint density at radius 1 is 1.07 bits per heavy atom. The zero-order valence-corrected chi connectivity index (χ0v) is 25.9. The van der Waals surface area contributed by atoms with E-state index in [0.717, 1.165) is 43.5 Å². The van der Waals surface area contributed by atoms with Crippen molar-refractivity contribution in [3.8, 4) is 0 Å². The zero-order chi connectivity index (χ0) is 30.8. The number of carboxylic acid groups (broad SMARTS) is 1. The normalized spacial score (nSPS) is 18.2. The lowest BCUT2D eigenvalue weighted by atomic mass is 10.1. The van der Waals surface area contributed by atoms with Gasteiger partial charge in [-0.1, -0.05) is 49.4 Å². The number of nitrogens with zero attached hydrogens (tertiary/aromatic N) is 3. The number of hydrogen-bond acceptors (Lipinski definition) is 7. The number of amides is 2. The van der Waals surface area contributed by atoms with Crippen LogP contribution in [0, 0.1) is 0 Å². The van der Waals surface area contributed by atoms with Crippen LogP contribution in [0.1, 0.15) is 50.7 Å². The van der Waals surface area contributed by atoms with Crippen LogP contribution < -0.4 is 0 Å². The largest absolute Gasteiger partial charge is 0.465 e. The number of benzene rings is 2.